The number of nitrogens with one attached hydrogen (secondary N) is 2. The van der Waals surface area contributed by atoms with E-state index in [4.69, 9.17) is 0 Å². The molecular formula is C24H30N8O2. The number of fused-ring (bicyclic) bond motifs is 2. The van der Waals surface area contributed by atoms with Gasteiger partial charge in [-0.2, -0.15) is 10.5 Å². The summed E-state index contributed by atoms with van der Waals surface area (Å²) in [4.78, 5) is 22.1. The van der Waals surface area contributed by atoms with E-state index < -0.39 is 4.92 Å². The summed E-state index contributed by atoms with van der Waals surface area (Å²) in [5, 5.41) is 37.0. The van der Waals surface area contributed by atoms with Gasteiger partial charge >= 0.3 is 0 Å². The van der Waals surface area contributed by atoms with Crippen molar-refractivity contribution in [3.63, 3.8) is 0 Å². The molecule has 178 valence electrons. The Hall–Kier alpha value is -3.92. The molecule has 2 N–H and O–H groups in total. The molecule has 0 bridgehead atoms. The van der Waals surface area contributed by atoms with Crippen LogP contribution in [0, 0.1) is 32.8 Å². The van der Waals surface area contributed by atoms with Gasteiger partial charge in [-0.25, -0.2) is 9.97 Å². The predicted octanol–water partition coefficient (Wildman–Crippen LogP) is 5.90. The van der Waals surface area contributed by atoms with E-state index in [0.717, 1.165) is 57.1 Å². The zero-order chi connectivity index (χ0) is 24.5. The number of nitrogens with zero attached hydrogens (tertiary/aromatic N) is 6. The molecule has 10 heteroatoms. The van der Waals surface area contributed by atoms with Gasteiger partial charge in [-0.1, -0.05) is 52.4 Å². The minimum Gasteiger partial charge on any atom is -0.379 e. The number of hydrogen-bond acceptors (Lipinski definition) is 9. The Kier molecular flexibility index (Phi) is 8.58. The minimum absolute atomic E-state index is 0.0294. The van der Waals surface area contributed by atoms with Crippen molar-refractivity contribution in [1.29, 1.82) is 10.5 Å². The first kappa shape index (κ1) is 24.7. The molecule has 0 saturated carbocycles. The average molecular weight is 463 g/mol. The summed E-state index contributed by atoms with van der Waals surface area (Å²) in [5.41, 5.74) is 1.55. The Morgan fingerprint density at radius 1 is 1.03 bits per heavy atom. The summed E-state index contributed by atoms with van der Waals surface area (Å²) in [6, 6.07) is 7.11. The molecule has 0 saturated heterocycles. The van der Waals surface area contributed by atoms with Gasteiger partial charge in [0, 0.05) is 19.2 Å². The Morgan fingerprint density at radius 3 is 2.35 bits per heavy atom. The molecule has 0 spiro atoms. The van der Waals surface area contributed by atoms with Gasteiger partial charge in [-0.05, 0) is 18.9 Å². The molecule has 1 aliphatic heterocycles. The molecule has 0 atom stereocenters. The standard InChI is InChI=1S/C24H30N8O2/c1-3-5-7-9-11-27-17-13-21-18(14-22(17)32(33)34)28-23-24(31(21)12-10-8-6-4-2)30-20(16-26)19(15-25)29-23/h13-14,27H,3-12H2,1-2H3,(H,28,29). The fourth-order valence-corrected chi connectivity index (χ4v) is 3.99. The van der Waals surface area contributed by atoms with E-state index in [1.165, 1.54) is 6.07 Å². The van der Waals surface area contributed by atoms with E-state index in [-0.39, 0.29) is 17.1 Å². The van der Waals surface area contributed by atoms with Crippen molar-refractivity contribution in [3.05, 3.63) is 33.6 Å². The van der Waals surface area contributed by atoms with Crippen LogP contribution >= 0.6 is 0 Å². The highest BCUT2D eigenvalue weighted by molar-refractivity contribution is 5.92. The fourth-order valence-electron chi connectivity index (χ4n) is 3.99. The number of rotatable bonds is 12. The number of nitro groups is 1. The van der Waals surface area contributed by atoms with Crippen molar-refractivity contribution in [2.75, 3.05) is 28.6 Å². The summed E-state index contributed by atoms with van der Waals surface area (Å²) in [7, 11) is 0. The van der Waals surface area contributed by atoms with Crippen molar-refractivity contribution in [2.24, 2.45) is 0 Å². The summed E-state index contributed by atoms with van der Waals surface area (Å²) >= 11 is 0. The van der Waals surface area contributed by atoms with Gasteiger partial charge in [-0.3, -0.25) is 10.1 Å². The maximum atomic E-state index is 11.8. The Morgan fingerprint density at radius 2 is 1.71 bits per heavy atom. The average Bonchev–Trinajstić information content (AvgIpc) is 2.84. The molecule has 2 aromatic rings. The lowest BCUT2D eigenvalue weighted by Gasteiger charge is -2.32. The lowest BCUT2D eigenvalue weighted by atomic mass is 10.1. The van der Waals surface area contributed by atoms with Crippen LogP contribution in [0.4, 0.5) is 34.4 Å². The molecule has 1 aromatic carbocycles. The van der Waals surface area contributed by atoms with E-state index in [1.807, 2.05) is 17.0 Å². The fraction of sp³-hybridized carbons (Fsp3) is 0.500. The molecule has 3 rings (SSSR count). The van der Waals surface area contributed by atoms with E-state index in [0.29, 0.717) is 36.1 Å². The third kappa shape index (κ3) is 5.52. The first-order chi connectivity index (χ1) is 16.5. The normalized spacial score (nSPS) is 11.6. The monoisotopic (exact) mass is 462 g/mol. The molecule has 0 unspecified atom stereocenters. The quantitative estimate of drug-likeness (QED) is 0.224. The molecule has 2 heterocycles. The summed E-state index contributed by atoms with van der Waals surface area (Å²) in [6.07, 6.45) is 8.34. The van der Waals surface area contributed by atoms with Crippen LogP contribution in [0.3, 0.4) is 0 Å². The highest BCUT2D eigenvalue weighted by Gasteiger charge is 2.30. The Bertz CT molecular complexity index is 1120. The maximum Gasteiger partial charge on any atom is 0.294 e. The number of unbranched alkanes of at least 4 members (excludes halogenated alkanes) is 6. The van der Waals surface area contributed by atoms with Gasteiger partial charge in [-0.15, -0.1) is 0 Å². The van der Waals surface area contributed by atoms with Crippen molar-refractivity contribution >= 4 is 34.4 Å². The molecule has 0 amide bonds. The van der Waals surface area contributed by atoms with Crippen molar-refractivity contribution < 1.29 is 4.92 Å². The molecule has 0 fully saturated rings. The minimum atomic E-state index is -0.400. The number of benzene rings is 1. The second kappa shape index (κ2) is 11.8. The smallest absolute Gasteiger partial charge is 0.294 e. The Balaban J connectivity index is 2.02. The van der Waals surface area contributed by atoms with Crippen LogP contribution in [-0.2, 0) is 0 Å². The number of hydrogen-bond donors (Lipinski definition) is 2. The zero-order valence-electron chi connectivity index (χ0n) is 19.7. The van der Waals surface area contributed by atoms with Gasteiger partial charge in [0.15, 0.2) is 23.0 Å². The lowest BCUT2D eigenvalue weighted by molar-refractivity contribution is -0.383. The second-order valence-corrected chi connectivity index (χ2v) is 8.28. The highest BCUT2D eigenvalue weighted by Crippen LogP contribution is 2.46. The topological polar surface area (TPSA) is 144 Å². The van der Waals surface area contributed by atoms with Gasteiger partial charge in [0.1, 0.15) is 17.8 Å². The zero-order valence-corrected chi connectivity index (χ0v) is 19.7. The number of anilines is 5. The van der Waals surface area contributed by atoms with E-state index in [9.17, 15) is 20.6 Å². The SMILES string of the molecule is CCCCCCNc1cc2c(cc1[N+](=O)[O-])Nc1nc(C#N)c(C#N)nc1N2CCCCCC. The third-order valence-corrected chi connectivity index (χ3v) is 5.78. The van der Waals surface area contributed by atoms with Crippen LogP contribution in [0.2, 0.25) is 0 Å². The van der Waals surface area contributed by atoms with E-state index in [1.54, 1.807) is 6.07 Å². The maximum absolute atomic E-state index is 11.8. The molecular weight excluding hydrogens is 432 g/mol. The third-order valence-electron chi connectivity index (χ3n) is 5.78. The van der Waals surface area contributed by atoms with Crippen LogP contribution in [0.1, 0.15) is 76.6 Å². The number of aromatic nitrogens is 2. The van der Waals surface area contributed by atoms with Crippen LogP contribution in [0.25, 0.3) is 0 Å². The van der Waals surface area contributed by atoms with Gasteiger partial charge in [0.05, 0.1) is 16.3 Å². The van der Waals surface area contributed by atoms with Crippen LogP contribution in [0.5, 0.6) is 0 Å². The summed E-state index contributed by atoms with van der Waals surface area (Å²) in [6.45, 7) is 5.54. The molecule has 0 aliphatic carbocycles. The van der Waals surface area contributed by atoms with E-state index >= 15 is 0 Å². The number of nitriles is 2. The molecule has 1 aliphatic rings. The molecule has 10 nitrogen and oxygen atoms in total. The van der Waals surface area contributed by atoms with Crippen molar-refractivity contribution in [3.8, 4) is 12.1 Å². The summed E-state index contributed by atoms with van der Waals surface area (Å²) in [5.74, 6) is 0.760. The Labute approximate surface area is 199 Å². The highest BCUT2D eigenvalue weighted by atomic mass is 16.6. The van der Waals surface area contributed by atoms with Gasteiger partial charge < -0.3 is 15.5 Å². The lowest BCUT2D eigenvalue weighted by Crippen LogP contribution is -2.26. The summed E-state index contributed by atoms with van der Waals surface area (Å²) < 4.78 is 0. The van der Waals surface area contributed by atoms with Gasteiger partial charge in [0.25, 0.3) is 5.69 Å². The van der Waals surface area contributed by atoms with E-state index in [2.05, 4.69) is 34.4 Å². The number of nitro benzene ring substituents is 1. The predicted molar refractivity (Wildman–Crippen MR) is 132 cm³/mol. The largest absolute Gasteiger partial charge is 0.379 e. The van der Waals surface area contributed by atoms with Crippen LogP contribution < -0.4 is 15.5 Å². The van der Waals surface area contributed by atoms with Crippen LogP contribution in [-0.4, -0.2) is 28.0 Å². The first-order valence-electron chi connectivity index (χ1n) is 11.9. The van der Waals surface area contributed by atoms with Crippen molar-refractivity contribution in [1.82, 2.24) is 9.97 Å². The molecule has 34 heavy (non-hydrogen) atoms. The molecule has 1 aromatic heterocycles. The second-order valence-electron chi connectivity index (χ2n) is 8.28. The van der Waals surface area contributed by atoms with Crippen molar-refractivity contribution in [2.45, 2.75) is 65.2 Å². The van der Waals surface area contributed by atoms with Gasteiger partial charge in [0.2, 0.25) is 0 Å². The van der Waals surface area contributed by atoms with Crippen LogP contribution in [0.15, 0.2) is 12.1 Å². The first-order valence-corrected chi connectivity index (χ1v) is 11.9. The molecule has 0 radical (unpaired) electrons.